The number of aromatic nitrogens is 2. The van der Waals surface area contributed by atoms with E-state index in [1.54, 1.807) is 13.0 Å². The van der Waals surface area contributed by atoms with Gasteiger partial charge in [0, 0.05) is 61.6 Å². The molecule has 0 unspecified atom stereocenters. The fourth-order valence-electron chi connectivity index (χ4n) is 6.09. The Hall–Kier alpha value is -5.24. The Labute approximate surface area is 274 Å². The molecule has 2 amide bonds. The summed E-state index contributed by atoms with van der Waals surface area (Å²) in [5, 5.41) is 5.08. The van der Waals surface area contributed by atoms with Gasteiger partial charge in [0.05, 0.1) is 22.9 Å². The highest BCUT2D eigenvalue weighted by atomic mass is 32.2. The van der Waals surface area contributed by atoms with Gasteiger partial charge in [0.2, 0.25) is 10.0 Å². The number of anilines is 1. The summed E-state index contributed by atoms with van der Waals surface area (Å²) >= 11 is 0. The summed E-state index contributed by atoms with van der Waals surface area (Å²) in [6.45, 7) is 1.48. The number of fused-ring (bicyclic) bond motifs is 1. The van der Waals surface area contributed by atoms with Gasteiger partial charge in [-0.25, -0.2) is 31.6 Å². The Bertz CT molecular complexity index is 2150. The first-order chi connectivity index (χ1) is 22.9. The van der Waals surface area contributed by atoms with Crippen molar-refractivity contribution in [3.05, 3.63) is 102 Å². The highest BCUT2D eigenvalue weighted by Crippen LogP contribution is 2.45. The van der Waals surface area contributed by atoms with Crippen LogP contribution in [0.2, 0.25) is 0 Å². The number of rotatable bonds is 9. The van der Waals surface area contributed by atoms with Crippen LogP contribution in [0, 0.1) is 11.6 Å². The maximum Gasteiger partial charge on any atom is 0.255 e. The number of hydrogen-bond acceptors (Lipinski definition) is 7. The molecule has 1 aliphatic carbocycles. The van der Waals surface area contributed by atoms with Crippen molar-refractivity contribution >= 4 is 38.5 Å². The summed E-state index contributed by atoms with van der Waals surface area (Å²) in [5.74, 6) is -2.62. The van der Waals surface area contributed by atoms with E-state index in [1.165, 1.54) is 61.9 Å². The van der Waals surface area contributed by atoms with E-state index in [4.69, 9.17) is 4.42 Å². The van der Waals surface area contributed by atoms with E-state index in [9.17, 15) is 26.8 Å². The predicted molar refractivity (Wildman–Crippen MR) is 174 cm³/mol. The van der Waals surface area contributed by atoms with Crippen LogP contribution in [-0.4, -0.2) is 56.2 Å². The molecule has 2 aromatic heterocycles. The Morgan fingerprint density at radius 3 is 2.29 bits per heavy atom. The largest absolute Gasteiger partial charge is 0.455 e. The zero-order chi connectivity index (χ0) is 34.4. The van der Waals surface area contributed by atoms with Gasteiger partial charge in [0.25, 0.3) is 11.8 Å². The maximum atomic E-state index is 17.1. The molecule has 0 aliphatic heterocycles. The molecule has 0 bridgehead atoms. The van der Waals surface area contributed by atoms with Gasteiger partial charge in [0.15, 0.2) is 5.82 Å². The SMILES string of the molecule is CCN(c1cc2oc(-c3ccc(F)cc3)c(C(=O)NC)c2c(F)c1-c1cccc(C(=O)NC2(c3ncccn3)CC(F)C2)c1)S(C)(=O)=O. The van der Waals surface area contributed by atoms with Gasteiger partial charge < -0.3 is 15.1 Å². The topological polar surface area (TPSA) is 134 Å². The third kappa shape index (κ3) is 5.76. The molecule has 1 aliphatic rings. The van der Waals surface area contributed by atoms with Crippen LogP contribution in [0.1, 0.15) is 46.3 Å². The normalized spacial score (nSPS) is 17.5. The molecule has 14 heteroatoms. The van der Waals surface area contributed by atoms with E-state index in [0.29, 0.717) is 0 Å². The average Bonchev–Trinajstić information content (AvgIpc) is 3.44. The van der Waals surface area contributed by atoms with Crippen molar-refractivity contribution in [2.45, 2.75) is 31.5 Å². The number of alkyl halides is 1. The molecule has 0 saturated heterocycles. The zero-order valence-corrected chi connectivity index (χ0v) is 26.9. The standard InChI is InChI=1S/C34H30F3N5O5S/c1-4-42(48(3,45)46)24-16-25-27(28(32(44)38-2)30(47-25)19-9-11-22(35)12-10-19)29(37)26(24)20-7-5-8-21(15-20)31(43)41-34(17-23(36)18-34)33-39-13-6-14-40-33/h5-16,23H,4,17-18H2,1-3H3,(H,38,44)(H,41,43). The fourth-order valence-corrected chi connectivity index (χ4v) is 7.06. The lowest BCUT2D eigenvalue weighted by Gasteiger charge is -2.43. The molecule has 0 radical (unpaired) electrons. The highest BCUT2D eigenvalue weighted by molar-refractivity contribution is 7.92. The van der Waals surface area contributed by atoms with Crippen LogP contribution < -0.4 is 14.9 Å². The Balaban J connectivity index is 1.54. The molecule has 2 N–H and O–H groups in total. The van der Waals surface area contributed by atoms with E-state index in [-0.39, 0.29) is 75.4 Å². The highest BCUT2D eigenvalue weighted by Gasteiger charge is 2.49. The lowest BCUT2D eigenvalue weighted by atomic mass is 9.74. The second kappa shape index (κ2) is 12.4. The molecule has 1 saturated carbocycles. The molecule has 0 spiro atoms. The lowest BCUT2D eigenvalue weighted by Crippen LogP contribution is -2.56. The van der Waals surface area contributed by atoms with Crippen molar-refractivity contribution in [3.63, 3.8) is 0 Å². The Kier molecular flexibility index (Phi) is 8.45. The van der Waals surface area contributed by atoms with E-state index < -0.39 is 45.2 Å². The van der Waals surface area contributed by atoms with E-state index >= 15 is 4.39 Å². The molecule has 1 fully saturated rings. The van der Waals surface area contributed by atoms with Gasteiger partial charge >= 0.3 is 0 Å². The number of nitrogens with one attached hydrogen (secondary N) is 2. The Morgan fingerprint density at radius 1 is 1.00 bits per heavy atom. The molecule has 48 heavy (non-hydrogen) atoms. The van der Waals surface area contributed by atoms with Gasteiger partial charge in [-0.15, -0.1) is 0 Å². The molecule has 10 nitrogen and oxygen atoms in total. The Morgan fingerprint density at radius 2 is 1.69 bits per heavy atom. The summed E-state index contributed by atoms with van der Waals surface area (Å²) in [6, 6.07) is 13.8. The monoisotopic (exact) mass is 677 g/mol. The lowest BCUT2D eigenvalue weighted by molar-refractivity contribution is 0.0481. The minimum absolute atomic E-state index is 0.0309. The van der Waals surface area contributed by atoms with E-state index in [2.05, 4.69) is 20.6 Å². The number of carbonyl (C=O) groups is 2. The van der Waals surface area contributed by atoms with Crippen molar-refractivity contribution in [2.24, 2.45) is 0 Å². The van der Waals surface area contributed by atoms with E-state index in [0.717, 1.165) is 22.7 Å². The summed E-state index contributed by atoms with van der Waals surface area (Å²) in [7, 11) is -2.62. The molecule has 3 aromatic carbocycles. The van der Waals surface area contributed by atoms with Crippen LogP contribution in [0.15, 0.2) is 77.5 Å². The summed E-state index contributed by atoms with van der Waals surface area (Å²) in [4.78, 5) is 35.3. The number of nitrogens with zero attached hydrogens (tertiary/aromatic N) is 3. The van der Waals surface area contributed by atoms with Crippen LogP contribution in [0.25, 0.3) is 33.4 Å². The van der Waals surface area contributed by atoms with Gasteiger partial charge in [0.1, 0.15) is 34.7 Å². The minimum atomic E-state index is -3.97. The van der Waals surface area contributed by atoms with Crippen molar-refractivity contribution in [3.8, 4) is 22.5 Å². The molecule has 248 valence electrons. The summed E-state index contributed by atoms with van der Waals surface area (Å²) in [5.41, 5.74) is -1.29. The number of sulfonamides is 1. The zero-order valence-electron chi connectivity index (χ0n) is 26.1. The number of amides is 2. The number of halogens is 3. The van der Waals surface area contributed by atoms with Crippen LogP contribution in [-0.2, 0) is 15.6 Å². The number of benzene rings is 3. The molecular formula is C34H30F3N5O5S. The van der Waals surface area contributed by atoms with Crippen LogP contribution in [0.4, 0.5) is 18.9 Å². The molecule has 2 heterocycles. The quantitative estimate of drug-likeness (QED) is 0.203. The van der Waals surface area contributed by atoms with Crippen molar-refractivity contribution in [2.75, 3.05) is 24.2 Å². The second-order valence-electron chi connectivity index (χ2n) is 11.5. The number of furan rings is 1. The number of hydrogen-bond donors (Lipinski definition) is 2. The third-order valence-electron chi connectivity index (χ3n) is 8.32. The number of carbonyl (C=O) groups excluding carboxylic acids is 2. The van der Waals surface area contributed by atoms with Crippen LogP contribution in [0.5, 0.6) is 0 Å². The van der Waals surface area contributed by atoms with Gasteiger partial charge in [-0.3, -0.25) is 13.9 Å². The average molecular weight is 678 g/mol. The molecular weight excluding hydrogens is 647 g/mol. The first-order valence-corrected chi connectivity index (χ1v) is 16.8. The van der Waals surface area contributed by atoms with Gasteiger partial charge in [-0.2, -0.15) is 0 Å². The summed E-state index contributed by atoms with van der Waals surface area (Å²) in [6.07, 6.45) is 2.73. The van der Waals surface area contributed by atoms with Crippen molar-refractivity contribution in [1.29, 1.82) is 0 Å². The molecule has 0 atom stereocenters. The van der Waals surface area contributed by atoms with Crippen molar-refractivity contribution in [1.82, 2.24) is 20.6 Å². The smallest absolute Gasteiger partial charge is 0.255 e. The molecule has 5 aromatic rings. The predicted octanol–water partition coefficient (Wildman–Crippen LogP) is 5.74. The first-order valence-electron chi connectivity index (χ1n) is 15.0. The second-order valence-corrected chi connectivity index (χ2v) is 13.4. The van der Waals surface area contributed by atoms with Crippen LogP contribution >= 0.6 is 0 Å². The fraction of sp³-hybridized carbons (Fsp3) is 0.235. The minimum Gasteiger partial charge on any atom is -0.455 e. The first kappa shape index (κ1) is 32.7. The maximum absolute atomic E-state index is 17.1. The third-order valence-corrected chi connectivity index (χ3v) is 9.57. The van der Waals surface area contributed by atoms with Crippen LogP contribution in [0.3, 0.4) is 0 Å². The summed E-state index contributed by atoms with van der Waals surface area (Å²) < 4.78 is 77.9. The van der Waals surface area contributed by atoms with Crippen molar-refractivity contribution < 1.29 is 35.6 Å². The van der Waals surface area contributed by atoms with E-state index in [1.807, 2.05) is 0 Å². The van der Waals surface area contributed by atoms with Gasteiger partial charge in [-0.05, 0) is 55.0 Å². The van der Waals surface area contributed by atoms with Gasteiger partial charge in [-0.1, -0.05) is 12.1 Å². The molecule has 6 rings (SSSR count).